The van der Waals surface area contributed by atoms with Crippen molar-refractivity contribution < 1.29 is 9.68 Å². The Morgan fingerprint density at radius 2 is 1.50 bits per heavy atom. The van der Waals surface area contributed by atoms with E-state index in [1.54, 1.807) is 0 Å². The Kier molecular flexibility index (Phi) is 3.44. The maximum absolute atomic E-state index is 9.13. The average molecular weight is 337 g/mol. The van der Waals surface area contributed by atoms with Gasteiger partial charge in [-0.25, -0.2) is 0 Å². The predicted octanol–water partition coefficient (Wildman–Crippen LogP) is 4.57. The summed E-state index contributed by atoms with van der Waals surface area (Å²) in [4.78, 5) is 0. The summed E-state index contributed by atoms with van der Waals surface area (Å²) in [6, 6.07) is 29.1. The largest absolute Gasteiger partial charge is 0.539 e. The first-order valence-corrected chi connectivity index (χ1v) is 8.62. The monoisotopic (exact) mass is 337 g/mol. The molecule has 0 saturated carbocycles. The van der Waals surface area contributed by atoms with Crippen molar-refractivity contribution in [3.63, 3.8) is 0 Å². The molecule has 1 heterocycles. The molecule has 0 aliphatic rings. The lowest BCUT2D eigenvalue weighted by atomic mass is 10.1. The maximum atomic E-state index is 9.13. The summed E-state index contributed by atoms with van der Waals surface area (Å²) >= 11 is 0. The fraction of sp³-hybridized carbons (Fsp3) is 0. The summed E-state index contributed by atoms with van der Waals surface area (Å²) in [6.07, 6.45) is 0. The van der Waals surface area contributed by atoms with E-state index in [0.717, 1.165) is 11.2 Å². The molecule has 0 atom stereocenters. The Balaban J connectivity index is 2.00. The van der Waals surface area contributed by atoms with Gasteiger partial charge in [0.25, 0.3) is 0 Å². The third-order valence-corrected chi connectivity index (χ3v) is 4.87. The molecule has 5 aromatic rings. The van der Waals surface area contributed by atoms with Crippen molar-refractivity contribution in [3.8, 4) is 11.4 Å². The second-order valence-electron chi connectivity index (χ2n) is 6.31. The molecule has 124 valence electrons. The third-order valence-electron chi connectivity index (χ3n) is 4.87. The Morgan fingerprint density at radius 3 is 2.35 bits per heavy atom. The number of benzene rings is 4. The lowest BCUT2D eigenvalue weighted by Crippen LogP contribution is -2.00. The minimum Gasteiger partial charge on any atom is -0.539 e. The molecule has 4 heteroatoms. The van der Waals surface area contributed by atoms with Crippen molar-refractivity contribution in [2.24, 2.45) is 0 Å². The van der Waals surface area contributed by atoms with E-state index in [0.29, 0.717) is 5.75 Å². The van der Waals surface area contributed by atoms with Crippen LogP contribution in [0.5, 0.6) is 5.75 Å². The molecule has 0 amide bonds. The summed E-state index contributed by atoms with van der Waals surface area (Å²) in [6.45, 7) is 0. The number of rotatable bonds is 3. The molecule has 0 aliphatic heterocycles. The summed E-state index contributed by atoms with van der Waals surface area (Å²) in [5.74, 6) is 0.657. The first-order chi connectivity index (χ1) is 12.9. The van der Waals surface area contributed by atoms with Gasteiger partial charge in [-0.05, 0) is 29.7 Å². The zero-order valence-electron chi connectivity index (χ0n) is 14.1. The first-order valence-electron chi connectivity index (χ1n) is 8.62. The van der Waals surface area contributed by atoms with E-state index in [9.17, 15) is 0 Å². The van der Waals surface area contributed by atoms with E-state index >= 15 is 0 Å². The minimum atomic E-state index is -0.333. The fourth-order valence-electron chi connectivity index (χ4n) is 3.77. The summed E-state index contributed by atoms with van der Waals surface area (Å²) in [7, 11) is -0.333. The van der Waals surface area contributed by atoms with Crippen LogP contribution in [0.25, 0.3) is 38.3 Å². The Morgan fingerprint density at radius 1 is 0.731 bits per heavy atom. The highest BCUT2D eigenvalue weighted by atomic mass is 16.5. The van der Waals surface area contributed by atoms with Crippen molar-refractivity contribution in [1.82, 2.24) is 4.57 Å². The third kappa shape index (κ3) is 2.20. The Hall–Kier alpha value is -3.24. The first kappa shape index (κ1) is 15.1. The molecule has 1 N–H and O–H groups in total. The van der Waals surface area contributed by atoms with Gasteiger partial charge in [0.2, 0.25) is 0 Å². The Labute approximate surface area is 151 Å². The van der Waals surface area contributed by atoms with Crippen LogP contribution in [0.1, 0.15) is 0 Å². The predicted molar refractivity (Wildman–Crippen MR) is 108 cm³/mol. The van der Waals surface area contributed by atoms with Crippen LogP contribution in [0, 0.1) is 0 Å². The van der Waals surface area contributed by atoms with E-state index in [-0.39, 0.29) is 7.69 Å². The van der Waals surface area contributed by atoms with Gasteiger partial charge in [0, 0.05) is 27.9 Å². The topological polar surface area (TPSA) is 34.4 Å². The molecule has 0 aliphatic carbocycles. The molecule has 3 nitrogen and oxygen atoms in total. The van der Waals surface area contributed by atoms with Gasteiger partial charge < -0.3 is 14.2 Å². The minimum absolute atomic E-state index is 0.333. The van der Waals surface area contributed by atoms with Gasteiger partial charge in [-0.2, -0.15) is 0 Å². The zero-order chi connectivity index (χ0) is 17.5. The second-order valence-corrected chi connectivity index (χ2v) is 6.31. The van der Waals surface area contributed by atoms with Crippen molar-refractivity contribution in [2.45, 2.75) is 0 Å². The lowest BCUT2D eigenvalue weighted by molar-refractivity contribution is 0.454. The van der Waals surface area contributed by atoms with Crippen LogP contribution < -0.4 is 4.65 Å². The number of hydrogen-bond acceptors (Lipinski definition) is 2. The van der Waals surface area contributed by atoms with Gasteiger partial charge in [0.05, 0.1) is 11.0 Å². The number of fused-ring (bicyclic) bond motifs is 5. The summed E-state index contributed by atoms with van der Waals surface area (Å²) in [5.41, 5.74) is 3.35. The smallest absolute Gasteiger partial charge is 0.504 e. The molecular weight excluding hydrogens is 321 g/mol. The molecule has 0 bridgehead atoms. The number of hydrogen-bond donors (Lipinski definition) is 1. The quantitative estimate of drug-likeness (QED) is 0.489. The van der Waals surface area contributed by atoms with Crippen LogP contribution in [0.2, 0.25) is 0 Å². The fourth-order valence-corrected chi connectivity index (χ4v) is 3.77. The highest BCUT2D eigenvalue weighted by Gasteiger charge is 2.15. The van der Waals surface area contributed by atoms with Gasteiger partial charge in [-0.1, -0.05) is 54.6 Å². The van der Waals surface area contributed by atoms with E-state index < -0.39 is 0 Å². The molecule has 0 saturated heterocycles. The van der Waals surface area contributed by atoms with Gasteiger partial charge in [0.1, 0.15) is 5.75 Å². The highest BCUT2D eigenvalue weighted by molar-refractivity contribution is 6.19. The molecular formula is C22H16BNO2. The molecule has 26 heavy (non-hydrogen) atoms. The van der Waals surface area contributed by atoms with E-state index in [1.165, 1.54) is 27.1 Å². The maximum Gasteiger partial charge on any atom is 0.504 e. The van der Waals surface area contributed by atoms with Gasteiger partial charge in [-0.3, -0.25) is 0 Å². The molecule has 4 aromatic carbocycles. The molecule has 0 fully saturated rings. The number of nitrogens with zero attached hydrogens (tertiary/aromatic N) is 1. The molecule has 0 spiro atoms. The van der Waals surface area contributed by atoms with Crippen LogP contribution in [0.4, 0.5) is 0 Å². The Bertz CT molecular complexity index is 1240. The van der Waals surface area contributed by atoms with Crippen molar-refractivity contribution in [2.75, 3.05) is 0 Å². The van der Waals surface area contributed by atoms with Crippen LogP contribution in [0.3, 0.4) is 0 Å². The van der Waals surface area contributed by atoms with Crippen LogP contribution >= 0.6 is 0 Å². The number of aromatic nitrogens is 1. The van der Waals surface area contributed by atoms with Gasteiger partial charge >= 0.3 is 7.69 Å². The standard InChI is InChI=1S/C22H16BNO2/c25-23-26-17-11-13-19-20-12-10-15-6-4-5-9-18(15)22(20)24(21(19)14-17)16-7-2-1-3-8-16/h1-14,23,25H. The van der Waals surface area contributed by atoms with Crippen LogP contribution in [0.15, 0.2) is 84.9 Å². The van der Waals surface area contributed by atoms with E-state index in [1.807, 2.05) is 30.3 Å². The number of para-hydroxylation sites is 1. The summed E-state index contributed by atoms with van der Waals surface area (Å²) in [5, 5.41) is 13.9. The SMILES string of the molecule is OBOc1ccc2c3ccc4ccccc4c3n(-c3ccccc3)c2c1. The molecule has 1 aromatic heterocycles. The summed E-state index contributed by atoms with van der Waals surface area (Å²) < 4.78 is 7.61. The van der Waals surface area contributed by atoms with E-state index in [2.05, 4.69) is 59.2 Å². The molecule has 0 unspecified atom stereocenters. The zero-order valence-corrected chi connectivity index (χ0v) is 14.1. The van der Waals surface area contributed by atoms with Gasteiger partial charge in [0.15, 0.2) is 0 Å². The average Bonchev–Trinajstić information content (AvgIpc) is 3.03. The highest BCUT2D eigenvalue weighted by Crippen LogP contribution is 2.37. The van der Waals surface area contributed by atoms with Crippen molar-refractivity contribution in [3.05, 3.63) is 84.9 Å². The van der Waals surface area contributed by atoms with Gasteiger partial charge in [-0.15, -0.1) is 0 Å². The molecule has 5 rings (SSSR count). The second kappa shape index (κ2) is 5.93. The van der Waals surface area contributed by atoms with Crippen LogP contribution in [-0.4, -0.2) is 17.3 Å². The van der Waals surface area contributed by atoms with Crippen molar-refractivity contribution >= 4 is 40.3 Å². The van der Waals surface area contributed by atoms with E-state index in [4.69, 9.17) is 9.68 Å². The van der Waals surface area contributed by atoms with Crippen LogP contribution in [-0.2, 0) is 0 Å². The van der Waals surface area contributed by atoms with Crippen molar-refractivity contribution in [1.29, 1.82) is 0 Å². The normalized spacial score (nSPS) is 11.3. The lowest BCUT2D eigenvalue weighted by Gasteiger charge is -2.10. The molecule has 0 radical (unpaired) electrons.